The second kappa shape index (κ2) is 6.20. The summed E-state index contributed by atoms with van der Waals surface area (Å²) < 4.78 is 13.5. The Morgan fingerprint density at radius 1 is 1.38 bits per heavy atom. The van der Waals surface area contributed by atoms with Gasteiger partial charge in [0, 0.05) is 39.6 Å². The van der Waals surface area contributed by atoms with E-state index in [1.54, 1.807) is 31.1 Å². The largest absolute Gasteiger partial charge is 0.331 e. The van der Waals surface area contributed by atoms with Gasteiger partial charge < -0.3 is 15.1 Å². The van der Waals surface area contributed by atoms with Crippen molar-refractivity contribution in [3.05, 3.63) is 35.6 Å². The molecule has 1 aromatic carbocycles. The Hall–Kier alpha value is -1.33. The Kier molecular flexibility index (Phi) is 4.74. The maximum absolute atomic E-state index is 13.5. The van der Waals surface area contributed by atoms with E-state index in [4.69, 9.17) is 0 Å². The zero-order chi connectivity index (χ0) is 14.3. The molecule has 1 N–H and O–H groups in total. The molecule has 4 nitrogen and oxygen atoms in total. The van der Waals surface area contributed by atoms with Gasteiger partial charge in [0.05, 0.1) is 6.04 Å². The van der Waals surface area contributed by atoms with Crippen molar-refractivity contribution in [1.29, 1.82) is 0 Å². The van der Waals surface area contributed by atoms with Crippen LogP contribution in [-0.4, -0.2) is 49.6 Å². The fraction of sp³-hybridized carbons (Fsp3) is 0.533. The van der Waals surface area contributed by atoms with Crippen molar-refractivity contribution >= 4 is 18.4 Å². The van der Waals surface area contributed by atoms with E-state index in [2.05, 4.69) is 5.32 Å². The Morgan fingerprint density at radius 2 is 2.14 bits per heavy atom. The molecule has 0 aliphatic carbocycles. The first kappa shape index (κ1) is 16.0. The summed E-state index contributed by atoms with van der Waals surface area (Å²) in [6.07, 6.45) is 0. The number of carbonyl (C=O) groups is 1. The number of nitrogens with one attached hydrogen (secondary N) is 1. The maximum atomic E-state index is 13.5. The summed E-state index contributed by atoms with van der Waals surface area (Å²) in [7, 11) is 3.52. The first-order chi connectivity index (χ1) is 9.58. The van der Waals surface area contributed by atoms with Crippen LogP contribution in [-0.2, 0) is 0 Å². The summed E-state index contributed by atoms with van der Waals surface area (Å²) in [5.41, 5.74) is 0.899. The minimum Gasteiger partial charge on any atom is -0.331 e. The van der Waals surface area contributed by atoms with E-state index in [0.29, 0.717) is 11.8 Å². The molecule has 2 aliphatic heterocycles. The van der Waals surface area contributed by atoms with E-state index < -0.39 is 0 Å². The molecule has 116 valence electrons. The van der Waals surface area contributed by atoms with Crippen molar-refractivity contribution in [2.45, 2.75) is 6.04 Å². The zero-order valence-corrected chi connectivity index (χ0v) is 13.1. The van der Waals surface area contributed by atoms with Gasteiger partial charge in [-0.15, -0.1) is 12.4 Å². The van der Waals surface area contributed by atoms with Gasteiger partial charge in [-0.1, -0.05) is 12.1 Å². The summed E-state index contributed by atoms with van der Waals surface area (Å²) in [6.45, 7) is 2.58. The van der Waals surface area contributed by atoms with Crippen LogP contribution in [0.3, 0.4) is 0 Å². The minimum atomic E-state index is -0.242. The third-order valence-electron chi connectivity index (χ3n) is 4.38. The predicted octanol–water partition coefficient (Wildman–Crippen LogP) is 2.12. The summed E-state index contributed by atoms with van der Waals surface area (Å²) in [4.78, 5) is 15.9. The Bertz CT molecular complexity index is 525. The molecular weight excluding hydrogens is 293 g/mol. The number of nitrogens with zero attached hydrogens (tertiary/aromatic N) is 2. The first-order valence-electron chi connectivity index (χ1n) is 7.02. The predicted molar refractivity (Wildman–Crippen MR) is 82.0 cm³/mol. The fourth-order valence-corrected chi connectivity index (χ4v) is 3.49. The monoisotopic (exact) mass is 313 g/mol. The van der Waals surface area contributed by atoms with Gasteiger partial charge in [0.1, 0.15) is 5.82 Å². The smallest absolute Gasteiger partial charge is 0.320 e. The SMILES string of the molecule is CN(C)C(=O)N1C[C@H]2CNC[C@H]2[C@H]1c1cccc(F)c1.Cl. The topological polar surface area (TPSA) is 35.6 Å². The highest BCUT2D eigenvalue weighted by atomic mass is 35.5. The lowest BCUT2D eigenvalue weighted by molar-refractivity contribution is 0.159. The lowest BCUT2D eigenvalue weighted by atomic mass is 9.89. The fourth-order valence-electron chi connectivity index (χ4n) is 3.49. The minimum absolute atomic E-state index is 0. The van der Waals surface area contributed by atoms with Gasteiger partial charge in [-0.05, 0) is 23.6 Å². The highest BCUT2D eigenvalue weighted by molar-refractivity contribution is 5.85. The molecule has 0 bridgehead atoms. The number of fused-ring (bicyclic) bond motifs is 1. The van der Waals surface area contributed by atoms with Crippen LogP contribution in [0.4, 0.5) is 9.18 Å². The van der Waals surface area contributed by atoms with Crippen LogP contribution < -0.4 is 5.32 Å². The summed E-state index contributed by atoms with van der Waals surface area (Å²) in [5.74, 6) is 0.599. The van der Waals surface area contributed by atoms with Gasteiger partial charge >= 0.3 is 6.03 Å². The molecule has 1 aromatic rings. The molecule has 2 fully saturated rings. The highest BCUT2D eigenvalue weighted by Crippen LogP contribution is 2.42. The third-order valence-corrected chi connectivity index (χ3v) is 4.38. The summed E-state index contributed by atoms with van der Waals surface area (Å²) in [6, 6.07) is 6.62. The van der Waals surface area contributed by atoms with Crippen LogP contribution in [0.2, 0.25) is 0 Å². The number of amides is 2. The van der Waals surface area contributed by atoms with Gasteiger partial charge in [0.25, 0.3) is 0 Å². The number of carbonyl (C=O) groups excluding carboxylic acids is 1. The number of hydrogen-bond acceptors (Lipinski definition) is 2. The molecule has 2 heterocycles. The molecule has 0 aromatic heterocycles. The molecule has 3 atom stereocenters. The van der Waals surface area contributed by atoms with Gasteiger partial charge in [-0.3, -0.25) is 0 Å². The lowest BCUT2D eigenvalue weighted by Gasteiger charge is -2.30. The van der Waals surface area contributed by atoms with E-state index in [1.165, 1.54) is 6.07 Å². The zero-order valence-electron chi connectivity index (χ0n) is 12.3. The van der Waals surface area contributed by atoms with Crippen LogP contribution in [0.25, 0.3) is 0 Å². The molecule has 0 radical (unpaired) electrons. The van der Waals surface area contributed by atoms with Crippen molar-refractivity contribution in [2.75, 3.05) is 33.7 Å². The number of benzene rings is 1. The third kappa shape index (κ3) is 2.85. The average Bonchev–Trinajstić information content (AvgIpc) is 2.97. The van der Waals surface area contributed by atoms with Crippen LogP contribution in [0.5, 0.6) is 0 Å². The van der Waals surface area contributed by atoms with E-state index in [1.807, 2.05) is 11.0 Å². The molecule has 2 aliphatic rings. The average molecular weight is 314 g/mol. The molecule has 3 rings (SSSR count). The maximum Gasteiger partial charge on any atom is 0.320 e. The summed E-state index contributed by atoms with van der Waals surface area (Å²) >= 11 is 0. The van der Waals surface area contributed by atoms with Crippen LogP contribution in [0.15, 0.2) is 24.3 Å². The highest BCUT2D eigenvalue weighted by Gasteiger charge is 2.47. The van der Waals surface area contributed by atoms with Gasteiger partial charge in [0.2, 0.25) is 0 Å². The van der Waals surface area contributed by atoms with E-state index in [0.717, 1.165) is 25.2 Å². The van der Waals surface area contributed by atoms with Crippen LogP contribution in [0.1, 0.15) is 11.6 Å². The molecule has 2 amide bonds. The number of rotatable bonds is 1. The molecule has 21 heavy (non-hydrogen) atoms. The van der Waals surface area contributed by atoms with Gasteiger partial charge in [-0.2, -0.15) is 0 Å². The number of likely N-dealkylation sites (tertiary alicyclic amines) is 1. The molecule has 0 spiro atoms. The number of halogens is 2. The summed E-state index contributed by atoms with van der Waals surface area (Å²) in [5, 5.41) is 3.38. The molecule has 0 unspecified atom stereocenters. The normalized spacial score (nSPS) is 27.2. The van der Waals surface area contributed by atoms with E-state index in [-0.39, 0.29) is 30.3 Å². The van der Waals surface area contributed by atoms with Crippen molar-refractivity contribution < 1.29 is 9.18 Å². The number of urea groups is 1. The van der Waals surface area contributed by atoms with Gasteiger partial charge in [-0.25, -0.2) is 9.18 Å². The first-order valence-corrected chi connectivity index (χ1v) is 7.02. The lowest BCUT2D eigenvalue weighted by Crippen LogP contribution is -2.41. The van der Waals surface area contributed by atoms with Crippen LogP contribution in [0, 0.1) is 17.7 Å². The molecule has 0 saturated carbocycles. The van der Waals surface area contributed by atoms with Crippen molar-refractivity contribution in [1.82, 2.24) is 15.1 Å². The van der Waals surface area contributed by atoms with Crippen molar-refractivity contribution in [3.8, 4) is 0 Å². The Morgan fingerprint density at radius 3 is 2.81 bits per heavy atom. The second-order valence-corrected chi connectivity index (χ2v) is 5.91. The van der Waals surface area contributed by atoms with Crippen molar-refractivity contribution in [2.24, 2.45) is 11.8 Å². The Balaban J connectivity index is 0.00000161. The quantitative estimate of drug-likeness (QED) is 0.862. The van der Waals surface area contributed by atoms with E-state index >= 15 is 0 Å². The standard InChI is InChI=1S/C15H20FN3O.ClH/c1-18(2)15(20)19-9-11-7-17-8-13(11)14(19)10-4-3-5-12(16)6-10;/h3-6,11,13-14,17H,7-9H2,1-2H3;1H/t11-,13-,14-;/m1./s1. The molecular formula is C15H21ClFN3O. The number of hydrogen-bond donors (Lipinski definition) is 1. The molecule has 6 heteroatoms. The molecule has 2 saturated heterocycles. The second-order valence-electron chi connectivity index (χ2n) is 5.91. The van der Waals surface area contributed by atoms with Crippen molar-refractivity contribution in [3.63, 3.8) is 0 Å². The Labute approximate surface area is 130 Å². The van der Waals surface area contributed by atoms with Crippen LogP contribution >= 0.6 is 12.4 Å². The van der Waals surface area contributed by atoms with Gasteiger partial charge in [0.15, 0.2) is 0 Å². The van der Waals surface area contributed by atoms with E-state index in [9.17, 15) is 9.18 Å².